The Labute approximate surface area is 86.7 Å². The van der Waals surface area contributed by atoms with Gasteiger partial charge in [-0.1, -0.05) is 0 Å². The Hall–Kier alpha value is -1.10. The van der Waals surface area contributed by atoms with E-state index in [4.69, 9.17) is 5.73 Å². The van der Waals surface area contributed by atoms with E-state index >= 15 is 0 Å². The summed E-state index contributed by atoms with van der Waals surface area (Å²) in [6, 6.07) is 0.471. The number of rotatable bonds is 3. The molecule has 1 aromatic heterocycles. The highest BCUT2D eigenvalue weighted by Crippen LogP contribution is 2.26. The van der Waals surface area contributed by atoms with Gasteiger partial charge in [0, 0.05) is 18.5 Å². The van der Waals surface area contributed by atoms with Gasteiger partial charge in [-0.05, 0) is 12.8 Å². The van der Waals surface area contributed by atoms with Gasteiger partial charge in [0.05, 0.1) is 12.1 Å². The molecular weight excluding hydrogens is 198 g/mol. The van der Waals surface area contributed by atoms with E-state index in [1.165, 1.54) is 11.3 Å². The predicted octanol–water partition coefficient (Wildman–Crippen LogP) is 0.889. The molecule has 1 aliphatic rings. The summed E-state index contributed by atoms with van der Waals surface area (Å²) >= 11 is 1.38. The molecule has 1 fully saturated rings. The number of aromatic nitrogens is 1. The van der Waals surface area contributed by atoms with Crippen LogP contribution in [0.1, 0.15) is 18.5 Å². The van der Waals surface area contributed by atoms with Gasteiger partial charge in [0.25, 0.3) is 0 Å². The summed E-state index contributed by atoms with van der Waals surface area (Å²) in [5, 5.41) is 2.37. The number of nitrogens with two attached hydrogens (primary N) is 1. The number of anilines is 1. The van der Waals surface area contributed by atoms with Crippen molar-refractivity contribution in [3.8, 4) is 0 Å². The van der Waals surface area contributed by atoms with Gasteiger partial charge < -0.3 is 10.6 Å². The molecule has 0 saturated heterocycles. The molecule has 0 atom stereocenters. The highest BCUT2D eigenvalue weighted by molar-refractivity contribution is 7.13. The lowest BCUT2D eigenvalue weighted by Gasteiger charge is -2.14. The number of thiazole rings is 1. The molecule has 1 heterocycles. The van der Waals surface area contributed by atoms with Crippen molar-refractivity contribution < 1.29 is 4.79 Å². The number of carbonyl (C=O) groups excluding carboxylic acids is 1. The lowest BCUT2D eigenvalue weighted by Crippen LogP contribution is -2.30. The monoisotopic (exact) mass is 211 g/mol. The third-order valence-electron chi connectivity index (χ3n) is 2.39. The molecule has 0 aliphatic heterocycles. The Morgan fingerprint density at radius 2 is 2.50 bits per heavy atom. The molecule has 1 saturated carbocycles. The van der Waals surface area contributed by atoms with Crippen LogP contribution in [0.3, 0.4) is 0 Å². The number of nitrogen functional groups attached to an aromatic ring is 1. The molecule has 1 amide bonds. The molecule has 1 aliphatic carbocycles. The largest absolute Gasteiger partial charge is 0.375 e. The van der Waals surface area contributed by atoms with E-state index in [9.17, 15) is 4.79 Å². The van der Waals surface area contributed by atoms with E-state index in [-0.39, 0.29) is 5.91 Å². The second-order valence-electron chi connectivity index (χ2n) is 3.59. The van der Waals surface area contributed by atoms with Crippen LogP contribution in [0.2, 0.25) is 0 Å². The van der Waals surface area contributed by atoms with Crippen molar-refractivity contribution in [2.75, 3.05) is 12.8 Å². The summed E-state index contributed by atoms with van der Waals surface area (Å²) in [7, 11) is 1.86. The van der Waals surface area contributed by atoms with Gasteiger partial charge in [-0.15, -0.1) is 11.3 Å². The van der Waals surface area contributed by atoms with Crippen LogP contribution in [0, 0.1) is 0 Å². The molecule has 2 N–H and O–H groups in total. The quantitative estimate of drug-likeness (QED) is 0.807. The number of amides is 1. The molecule has 1 aromatic rings. The van der Waals surface area contributed by atoms with Crippen LogP contribution < -0.4 is 5.73 Å². The average Bonchev–Trinajstić information content (AvgIpc) is 2.91. The molecule has 4 nitrogen and oxygen atoms in total. The molecule has 0 spiro atoms. The zero-order valence-corrected chi connectivity index (χ0v) is 8.88. The van der Waals surface area contributed by atoms with E-state index in [0.717, 1.165) is 18.5 Å². The molecular formula is C9H13N3OS. The normalized spacial score (nSPS) is 15.5. The summed E-state index contributed by atoms with van der Waals surface area (Å²) in [6.07, 6.45) is 2.66. The molecule has 0 unspecified atom stereocenters. The minimum absolute atomic E-state index is 0.137. The number of likely N-dealkylation sites (N-methyl/N-ethyl adjacent to an activating group) is 1. The number of hydrogen-bond acceptors (Lipinski definition) is 4. The van der Waals surface area contributed by atoms with Crippen molar-refractivity contribution in [1.82, 2.24) is 9.88 Å². The van der Waals surface area contributed by atoms with Crippen LogP contribution >= 0.6 is 11.3 Å². The Kier molecular flexibility index (Phi) is 2.41. The first-order valence-corrected chi connectivity index (χ1v) is 5.50. The molecule has 76 valence electrons. The van der Waals surface area contributed by atoms with Crippen molar-refractivity contribution in [3.05, 3.63) is 11.1 Å². The summed E-state index contributed by atoms with van der Waals surface area (Å²) in [5.74, 6) is 0.137. The molecule has 5 heteroatoms. The van der Waals surface area contributed by atoms with Crippen LogP contribution in [0.5, 0.6) is 0 Å². The van der Waals surface area contributed by atoms with E-state index in [1.807, 2.05) is 17.3 Å². The molecule has 14 heavy (non-hydrogen) atoms. The van der Waals surface area contributed by atoms with Crippen LogP contribution in [-0.2, 0) is 11.2 Å². The predicted molar refractivity (Wildman–Crippen MR) is 56.0 cm³/mol. The average molecular weight is 211 g/mol. The zero-order valence-electron chi connectivity index (χ0n) is 8.06. The van der Waals surface area contributed by atoms with Gasteiger partial charge >= 0.3 is 0 Å². The third kappa shape index (κ3) is 2.04. The number of nitrogens with zero attached hydrogens (tertiary/aromatic N) is 2. The lowest BCUT2D eigenvalue weighted by atomic mass is 10.3. The first-order chi connectivity index (χ1) is 6.66. The van der Waals surface area contributed by atoms with Crippen molar-refractivity contribution in [3.63, 3.8) is 0 Å². The minimum Gasteiger partial charge on any atom is -0.375 e. The number of carbonyl (C=O) groups is 1. The van der Waals surface area contributed by atoms with E-state index in [1.54, 1.807) is 0 Å². The maximum atomic E-state index is 11.7. The van der Waals surface area contributed by atoms with Crippen LogP contribution in [-0.4, -0.2) is 28.9 Å². The third-order valence-corrected chi connectivity index (χ3v) is 3.11. The van der Waals surface area contributed by atoms with Gasteiger partial charge in [-0.2, -0.15) is 0 Å². The van der Waals surface area contributed by atoms with E-state index < -0.39 is 0 Å². The fourth-order valence-electron chi connectivity index (χ4n) is 1.35. The SMILES string of the molecule is CN(C(=O)Cc1csc(N)n1)C1CC1. The van der Waals surface area contributed by atoms with Gasteiger partial charge in [0.1, 0.15) is 0 Å². The van der Waals surface area contributed by atoms with E-state index in [2.05, 4.69) is 4.98 Å². The topological polar surface area (TPSA) is 59.2 Å². The summed E-state index contributed by atoms with van der Waals surface area (Å²) in [5.41, 5.74) is 6.27. The van der Waals surface area contributed by atoms with Crippen molar-refractivity contribution in [2.24, 2.45) is 0 Å². The molecule has 0 bridgehead atoms. The second kappa shape index (κ2) is 3.57. The molecule has 0 aromatic carbocycles. The maximum Gasteiger partial charge on any atom is 0.228 e. The van der Waals surface area contributed by atoms with Gasteiger partial charge in [-0.3, -0.25) is 4.79 Å². The Bertz CT molecular complexity index is 346. The molecule has 2 rings (SSSR count). The lowest BCUT2D eigenvalue weighted by molar-refractivity contribution is -0.129. The Morgan fingerprint density at radius 1 is 1.79 bits per heavy atom. The summed E-state index contributed by atoms with van der Waals surface area (Å²) in [4.78, 5) is 17.5. The van der Waals surface area contributed by atoms with Crippen LogP contribution in [0.15, 0.2) is 5.38 Å². The first kappa shape index (κ1) is 9.45. The summed E-state index contributed by atoms with van der Waals surface area (Å²) < 4.78 is 0. The van der Waals surface area contributed by atoms with Crippen molar-refractivity contribution in [2.45, 2.75) is 25.3 Å². The molecule has 0 radical (unpaired) electrons. The minimum atomic E-state index is 0.137. The van der Waals surface area contributed by atoms with Gasteiger partial charge in [0.15, 0.2) is 5.13 Å². The zero-order chi connectivity index (χ0) is 10.1. The van der Waals surface area contributed by atoms with Gasteiger partial charge in [0.2, 0.25) is 5.91 Å². The fraction of sp³-hybridized carbons (Fsp3) is 0.556. The summed E-state index contributed by atoms with van der Waals surface area (Å²) in [6.45, 7) is 0. The van der Waals surface area contributed by atoms with Gasteiger partial charge in [-0.25, -0.2) is 4.98 Å². The second-order valence-corrected chi connectivity index (χ2v) is 4.48. The Balaban J connectivity index is 1.93. The highest BCUT2D eigenvalue weighted by atomic mass is 32.1. The first-order valence-electron chi connectivity index (χ1n) is 4.62. The van der Waals surface area contributed by atoms with Crippen molar-refractivity contribution in [1.29, 1.82) is 0 Å². The van der Waals surface area contributed by atoms with Crippen LogP contribution in [0.4, 0.5) is 5.13 Å². The van der Waals surface area contributed by atoms with E-state index in [0.29, 0.717) is 17.6 Å². The fourth-order valence-corrected chi connectivity index (χ4v) is 1.91. The standard InChI is InChI=1S/C9H13N3OS/c1-12(7-2-3-7)8(13)4-6-5-14-9(10)11-6/h5,7H,2-4H2,1H3,(H2,10,11). The number of hydrogen-bond donors (Lipinski definition) is 1. The van der Waals surface area contributed by atoms with Crippen molar-refractivity contribution >= 4 is 22.4 Å². The Morgan fingerprint density at radius 3 is 3.00 bits per heavy atom. The van der Waals surface area contributed by atoms with Crippen LogP contribution in [0.25, 0.3) is 0 Å². The smallest absolute Gasteiger partial charge is 0.228 e. The maximum absolute atomic E-state index is 11.7. The highest BCUT2D eigenvalue weighted by Gasteiger charge is 2.29.